The molecule has 3 aromatic rings. The average Bonchev–Trinajstić information content (AvgIpc) is 2.97. The Kier molecular flexibility index (Phi) is 3.27. The van der Waals surface area contributed by atoms with E-state index >= 15 is 0 Å². The number of hydrogen-bond acceptors (Lipinski definition) is 4. The van der Waals surface area contributed by atoms with Crippen molar-refractivity contribution in [1.82, 2.24) is 20.2 Å². The summed E-state index contributed by atoms with van der Waals surface area (Å²) in [7, 11) is 0. The molecule has 0 saturated carbocycles. The molecule has 0 radical (unpaired) electrons. The Hall–Kier alpha value is -2.52. The Morgan fingerprint density at radius 1 is 1.10 bits per heavy atom. The van der Waals surface area contributed by atoms with Gasteiger partial charge in [-0.2, -0.15) is 5.26 Å². The maximum atomic E-state index is 9.17. The lowest BCUT2D eigenvalue weighted by Gasteiger charge is -2.01. The van der Waals surface area contributed by atoms with E-state index < -0.39 is 0 Å². The van der Waals surface area contributed by atoms with Crippen LogP contribution in [-0.2, 0) is 0 Å². The van der Waals surface area contributed by atoms with Gasteiger partial charge in [-0.05, 0) is 23.4 Å². The number of tetrazole rings is 1. The van der Waals surface area contributed by atoms with Crippen LogP contribution in [0.5, 0.6) is 0 Å². The monoisotopic (exact) mass is 325 g/mol. The van der Waals surface area contributed by atoms with E-state index in [0.29, 0.717) is 17.1 Å². The molecule has 0 aliphatic heterocycles. The zero-order valence-corrected chi connectivity index (χ0v) is 11.8. The van der Waals surface area contributed by atoms with Gasteiger partial charge >= 0.3 is 0 Å². The summed E-state index contributed by atoms with van der Waals surface area (Å²) >= 11 is 3.33. The van der Waals surface area contributed by atoms with Crippen LogP contribution in [-0.4, -0.2) is 20.2 Å². The Bertz CT molecular complexity index is 789. The van der Waals surface area contributed by atoms with Gasteiger partial charge in [0.1, 0.15) is 11.8 Å². The first-order valence-electron chi connectivity index (χ1n) is 5.83. The van der Waals surface area contributed by atoms with E-state index in [2.05, 4.69) is 37.4 Å². The normalized spacial score (nSPS) is 10.2. The first-order chi connectivity index (χ1) is 9.78. The molecule has 0 aliphatic rings. The van der Waals surface area contributed by atoms with Crippen LogP contribution in [0.4, 0.5) is 0 Å². The number of nitrogens with zero attached hydrogens (tertiary/aromatic N) is 5. The molecule has 20 heavy (non-hydrogen) atoms. The standard InChI is InChI=1S/C14H8BrN5/c15-12-6-7-13(11(8-12)9-16)20-18-14(17-19-20)10-4-2-1-3-5-10/h1-8H. The van der Waals surface area contributed by atoms with Gasteiger partial charge in [0, 0.05) is 10.0 Å². The Morgan fingerprint density at radius 3 is 2.65 bits per heavy atom. The zero-order chi connectivity index (χ0) is 13.9. The highest BCUT2D eigenvalue weighted by Gasteiger charge is 2.10. The second kappa shape index (κ2) is 5.23. The van der Waals surface area contributed by atoms with Crippen molar-refractivity contribution in [2.45, 2.75) is 0 Å². The van der Waals surface area contributed by atoms with Crippen LogP contribution < -0.4 is 0 Å². The van der Waals surface area contributed by atoms with Gasteiger partial charge < -0.3 is 0 Å². The van der Waals surface area contributed by atoms with Crippen molar-refractivity contribution in [2.24, 2.45) is 0 Å². The molecule has 96 valence electrons. The first kappa shape index (κ1) is 12.5. The molecule has 0 N–H and O–H groups in total. The van der Waals surface area contributed by atoms with Crippen molar-refractivity contribution in [3.05, 3.63) is 58.6 Å². The minimum Gasteiger partial charge on any atom is -0.192 e. The minimum atomic E-state index is 0.483. The molecule has 6 heteroatoms. The van der Waals surface area contributed by atoms with Crippen molar-refractivity contribution in [3.8, 4) is 23.1 Å². The largest absolute Gasteiger partial charge is 0.205 e. The van der Waals surface area contributed by atoms with Gasteiger partial charge in [-0.1, -0.05) is 46.3 Å². The third kappa shape index (κ3) is 2.31. The third-order valence-corrected chi connectivity index (χ3v) is 3.23. The van der Waals surface area contributed by atoms with Crippen molar-refractivity contribution >= 4 is 15.9 Å². The van der Waals surface area contributed by atoms with Crippen LogP contribution in [0.2, 0.25) is 0 Å². The molecule has 0 fully saturated rings. The smallest absolute Gasteiger partial charge is 0.192 e. The van der Waals surface area contributed by atoms with Gasteiger partial charge in [-0.15, -0.1) is 15.0 Å². The summed E-state index contributed by atoms with van der Waals surface area (Å²) in [5.74, 6) is 0.525. The molecule has 2 aromatic carbocycles. The number of halogens is 1. The van der Waals surface area contributed by atoms with Crippen LogP contribution in [0.3, 0.4) is 0 Å². The van der Waals surface area contributed by atoms with Gasteiger partial charge in [0.25, 0.3) is 0 Å². The second-order valence-corrected chi connectivity index (χ2v) is 4.96. The molecule has 1 aromatic heterocycles. The number of benzene rings is 2. The van der Waals surface area contributed by atoms with Gasteiger partial charge in [0.15, 0.2) is 0 Å². The fraction of sp³-hybridized carbons (Fsp3) is 0. The van der Waals surface area contributed by atoms with E-state index in [0.717, 1.165) is 10.0 Å². The summed E-state index contributed by atoms with van der Waals surface area (Å²) in [6.07, 6.45) is 0. The van der Waals surface area contributed by atoms with Gasteiger partial charge in [0.2, 0.25) is 5.82 Å². The molecule has 0 aliphatic carbocycles. The number of nitriles is 1. The van der Waals surface area contributed by atoms with Crippen molar-refractivity contribution in [2.75, 3.05) is 0 Å². The molecule has 0 unspecified atom stereocenters. The molecule has 0 spiro atoms. The van der Waals surface area contributed by atoms with Gasteiger partial charge in [0.05, 0.1) is 5.56 Å². The molecule has 0 amide bonds. The molecule has 0 atom stereocenters. The fourth-order valence-electron chi connectivity index (χ4n) is 1.79. The number of rotatable bonds is 2. The van der Waals surface area contributed by atoms with Gasteiger partial charge in [-0.3, -0.25) is 0 Å². The summed E-state index contributed by atoms with van der Waals surface area (Å²) in [5.41, 5.74) is 1.97. The lowest BCUT2D eigenvalue weighted by atomic mass is 10.2. The lowest BCUT2D eigenvalue weighted by molar-refractivity contribution is 0.718. The Morgan fingerprint density at radius 2 is 1.90 bits per heavy atom. The van der Waals surface area contributed by atoms with Crippen LogP contribution in [0, 0.1) is 11.3 Å². The first-order valence-corrected chi connectivity index (χ1v) is 6.63. The molecular formula is C14H8BrN5. The highest BCUT2D eigenvalue weighted by atomic mass is 79.9. The summed E-state index contributed by atoms with van der Waals surface area (Å²) < 4.78 is 0.834. The van der Waals surface area contributed by atoms with Crippen LogP contribution in [0.15, 0.2) is 53.0 Å². The van der Waals surface area contributed by atoms with Gasteiger partial charge in [-0.25, -0.2) is 0 Å². The van der Waals surface area contributed by atoms with E-state index in [-0.39, 0.29) is 0 Å². The summed E-state index contributed by atoms with van der Waals surface area (Å²) in [6.45, 7) is 0. The molecule has 0 bridgehead atoms. The minimum absolute atomic E-state index is 0.483. The molecular weight excluding hydrogens is 318 g/mol. The Labute approximate surface area is 123 Å². The van der Waals surface area contributed by atoms with E-state index in [1.165, 1.54) is 4.80 Å². The quantitative estimate of drug-likeness (QED) is 0.726. The van der Waals surface area contributed by atoms with E-state index in [1.807, 2.05) is 36.4 Å². The Balaban J connectivity index is 2.05. The molecule has 1 heterocycles. The van der Waals surface area contributed by atoms with E-state index in [4.69, 9.17) is 5.26 Å². The van der Waals surface area contributed by atoms with Crippen molar-refractivity contribution in [1.29, 1.82) is 5.26 Å². The highest BCUT2D eigenvalue weighted by molar-refractivity contribution is 9.10. The van der Waals surface area contributed by atoms with Crippen LogP contribution in [0.25, 0.3) is 17.1 Å². The molecule has 5 nitrogen and oxygen atoms in total. The predicted octanol–water partition coefficient (Wildman–Crippen LogP) is 2.96. The van der Waals surface area contributed by atoms with E-state index in [1.54, 1.807) is 12.1 Å². The highest BCUT2D eigenvalue weighted by Crippen LogP contribution is 2.19. The fourth-order valence-corrected chi connectivity index (χ4v) is 2.15. The van der Waals surface area contributed by atoms with E-state index in [9.17, 15) is 0 Å². The van der Waals surface area contributed by atoms with Crippen molar-refractivity contribution < 1.29 is 0 Å². The number of aromatic nitrogens is 4. The molecule has 0 saturated heterocycles. The SMILES string of the molecule is N#Cc1cc(Br)ccc1-n1nnc(-c2ccccc2)n1. The number of hydrogen-bond donors (Lipinski definition) is 0. The summed E-state index contributed by atoms with van der Waals surface area (Å²) in [6, 6.07) is 17.0. The predicted molar refractivity (Wildman–Crippen MR) is 77.0 cm³/mol. The third-order valence-electron chi connectivity index (χ3n) is 2.74. The second-order valence-electron chi connectivity index (χ2n) is 4.04. The van der Waals surface area contributed by atoms with Crippen LogP contribution in [0.1, 0.15) is 5.56 Å². The summed E-state index contributed by atoms with van der Waals surface area (Å²) in [5, 5.41) is 21.5. The lowest BCUT2D eigenvalue weighted by Crippen LogP contribution is -2.01. The maximum absolute atomic E-state index is 9.17. The molecule has 3 rings (SSSR count). The summed E-state index contributed by atoms with van der Waals surface area (Å²) in [4.78, 5) is 1.37. The maximum Gasteiger partial charge on any atom is 0.205 e. The van der Waals surface area contributed by atoms with Crippen LogP contribution >= 0.6 is 15.9 Å². The zero-order valence-electron chi connectivity index (χ0n) is 10.2. The van der Waals surface area contributed by atoms with Crippen molar-refractivity contribution in [3.63, 3.8) is 0 Å². The average molecular weight is 326 g/mol. The topological polar surface area (TPSA) is 67.4 Å².